The molecule has 3 aromatic carbocycles. The molecular weight excluding hydrogens is 432 g/mol. The van der Waals surface area contributed by atoms with Crippen molar-refractivity contribution in [2.24, 2.45) is 17.8 Å². The molecule has 1 heterocycles. The summed E-state index contributed by atoms with van der Waals surface area (Å²) in [7, 11) is 1.59. The van der Waals surface area contributed by atoms with Crippen LogP contribution in [0.2, 0.25) is 5.02 Å². The second-order valence-corrected chi connectivity index (χ2v) is 10.0. The summed E-state index contributed by atoms with van der Waals surface area (Å²) in [5.41, 5.74) is 5.06. The fraction of sp³-hybridized carbons (Fsp3) is 0.321. The summed E-state index contributed by atoms with van der Waals surface area (Å²) in [6.45, 7) is 0. The van der Waals surface area contributed by atoms with Crippen molar-refractivity contribution in [2.75, 3.05) is 17.7 Å². The van der Waals surface area contributed by atoms with Gasteiger partial charge in [-0.25, -0.2) is 0 Å². The molecule has 0 spiro atoms. The first-order chi connectivity index (χ1) is 16.1. The second kappa shape index (κ2) is 8.11. The molecule has 5 heteroatoms. The van der Waals surface area contributed by atoms with Gasteiger partial charge >= 0.3 is 0 Å². The lowest BCUT2D eigenvalue weighted by Crippen LogP contribution is -2.35. The number of methoxy groups -OCH3 is 1. The first kappa shape index (κ1) is 20.6. The number of anilines is 2. The Morgan fingerprint density at radius 2 is 1.85 bits per heavy atom. The molecule has 0 unspecified atom stereocenters. The number of carbonyl (C=O) groups is 1. The van der Waals surface area contributed by atoms with Gasteiger partial charge in [-0.1, -0.05) is 41.9 Å². The monoisotopic (exact) mass is 458 g/mol. The Bertz CT molecular complexity index is 1210. The zero-order valence-corrected chi connectivity index (χ0v) is 19.3. The van der Waals surface area contributed by atoms with E-state index in [0.29, 0.717) is 45.8 Å². The minimum Gasteiger partial charge on any atom is -0.495 e. The van der Waals surface area contributed by atoms with Gasteiger partial charge in [0, 0.05) is 16.3 Å². The predicted octanol–water partition coefficient (Wildman–Crippen LogP) is 6.90. The average molecular weight is 459 g/mol. The summed E-state index contributed by atoms with van der Waals surface area (Å²) in [4.78, 5) is 13.2. The summed E-state index contributed by atoms with van der Waals surface area (Å²) in [5.74, 6) is 2.97. The van der Waals surface area contributed by atoms with E-state index in [1.807, 2.05) is 6.07 Å². The van der Waals surface area contributed by atoms with E-state index in [0.717, 1.165) is 11.6 Å². The molecule has 1 aliphatic heterocycles. The molecule has 1 amide bonds. The van der Waals surface area contributed by atoms with Crippen molar-refractivity contribution in [3.63, 3.8) is 0 Å². The summed E-state index contributed by atoms with van der Waals surface area (Å²) < 4.78 is 5.39. The number of halogens is 1. The van der Waals surface area contributed by atoms with E-state index in [4.69, 9.17) is 16.3 Å². The van der Waals surface area contributed by atoms with E-state index in [1.165, 1.54) is 30.4 Å². The molecule has 3 aromatic rings. The standard InChI is InChI=1S/C28H27ClN2O2/c1-33-24-12-10-20(29)15-23(24)31-28(32)19-9-11-22-21(14-19)25-17-7-8-18(13-17)26(25)27(30-22)16-5-3-2-4-6-16/h2-6,9-12,14-15,17-18,25-27,30H,7-8,13H2,1H3,(H,31,32)/t17-,18-,25-,26+,27+/m0/s1. The van der Waals surface area contributed by atoms with E-state index >= 15 is 0 Å². The number of benzene rings is 3. The van der Waals surface area contributed by atoms with Crippen molar-refractivity contribution in [3.8, 4) is 5.75 Å². The summed E-state index contributed by atoms with van der Waals surface area (Å²) in [6, 6.07) is 22.5. The van der Waals surface area contributed by atoms with Gasteiger partial charge in [0.25, 0.3) is 5.91 Å². The quantitative estimate of drug-likeness (QED) is 0.447. The molecule has 168 valence electrons. The first-order valence-corrected chi connectivity index (χ1v) is 12.1. The maximum Gasteiger partial charge on any atom is 0.255 e. The maximum atomic E-state index is 13.2. The number of hydrogen-bond donors (Lipinski definition) is 2. The van der Waals surface area contributed by atoms with Crippen molar-refractivity contribution in [3.05, 3.63) is 88.4 Å². The van der Waals surface area contributed by atoms with Crippen LogP contribution in [-0.4, -0.2) is 13.0 Å². The normalized spacial score (nSPS) is 26.8. The van der Waals surface area contributed by atoms with Gasteiger partial charge < -0.3 is 15.4 Å². The molecule has 2 N–H and O–H groups in total. The Kier molecular flexibility index (Phi) is 5.06. The predicted molar refractivity (Wildman–Crippen MR) is 132 cm³/mol. The summed E-state index contributed by atoms with van der Waals surface area (Å²) in [5, 5.41) is 7.38. The minimum atomic E-state index is -0.150. The molecule has 6 rings (SSSR count). The largest absolute Gasteiger partial charge is 0.495 e. The SMILES string of the molecule is COc1ccc(Cl)cc1NC(=O)c1ccc2c(c1)[C@@H]1[C@H]3CC[C@@H](C3)[C@H]1[C@@H](c1ccccc1)N2. The van der Waals surface area contributed by atoms with Gasteiger partial charge in [-0.2, -0.15) is 0 Å². The van der Waals surface area contributed by atoms with E-state index in [-0.39, 0.29) is 5.91 Å². The van der Waals surface area contributed by atoms with Gasteiger partial charge in [0.2, 0.25) is 0 Å². The molecule has 2 bridgehead atoms. The number of hydrogen-bond acceptors (Lipinski definition) is 3. The zero-order chi connectivity index (χ0) is 22.5. The van der Waals surface area contributed by atoms with Gasteiger partial charge in [0.15, 0.2) is 0 Å². The molecular formula is C28H27ClN2O2. The van der Waals surface area contributed by atoms with Crippen LogP contribution in [-0.2, 0) is 0 Å². The van der Waals surface area contributed by atoms with E-state index in [9.17, 15) is 4.79 Å². The van der Waals surface area contributed by atoms with E-state index < -0.39 is 0 Å². The van der Waals surface area contributed by atoms with Crippen molar-refractivity contribution in [2.45, 2.75) is 31.2 Å². The number of carbonyl (C=O) groups excluding carboxylic acids is 1. The van der Waals surface area contributed by atoms with Crippen LogP contribution in [0.3, 0.4) is 0 Å². The van der Waals surface area contributed by atoms with Crippen LogP contribution >= 0.6 is 11.6 Å². The van der Waals surface area contributed by atoms with Gasteiger partial charge in [0.05, 0.1) is 18.8 Å². The van der Waals surface area contributed by atoms with Crippen LogP contribution in [0.15, 0.2) is 66.7 Å². The Labute approximate surface area is 199 Å². The lowest BCUT2D eigenvalue weighted by molar-refractivity contribution is 0.102. The minimum absolute atomic E-state index is 0.150. The molecule has 2 fully saturated rings. The van der Waals surface area contributed by atoms with Crippen molar-refractivity contribution in [1.29, 1.82) is 0 Å². The topological polar surface area (TPSA) is 50.4 Å². The molecule has 5 atom stereocenters. The third-order valence-corrected chi connectivity index (χ3v) is 8.15. The molecule has 0 radical (unpaired) electrons. The van der Waals surface area contributed by atoms with E-state index in [1.54, 1.807) is 25.3 Å². The summed E-state index contributed by atoms with van der Waals surface area (Å²) >= 11 is 6.14. The van der Waals surface area contributed by atoms with Crippen LogP contribution in [0.4, 0.5) is 11.4 Å². The van der Waals surface area contributed by atoms with Crippen molar-refractivity contribution in [1.82, 2.24) is 0 Å². The van der Waals surface area contributed by atoms with Crippen LogP contribution in [0.1, 0.15) is 52.7 Å². The zero-order valence-electron chi connectivity index (χ0n) is 18.6. The molecule has 2 saturated carbocycles. The van der Waals surface area contributed by atoms with Gasteiger partial charge in [-0.3, -0.25) is 4.79 Å². The molecule has 2 aliphatic carbocycles. The Morgan fingerprint density at radius 3 is 2.67 bits per heavy atom. The Balaban J connectivity index is 1.34. The molecule has 3 aliphatic rings. The lowest BCUT2D eigenvalue weighted by atomic mass is 9.68. The fourth-order valence-corrected chi connectivity index (χ4v) is 6.76. The summed E-state index contributed by atoms with van der Waals surface area (Å²) in [6.07, 6.45) is 3.92. The van der Waals surface area contributed by atoms with Gasteiger partial charge in [0.1, 0.15) is 5.75 Å². The molecule has 0 aromatic heterocycles. The number of rotatable bonds is 4. The number of amides is 1. The number of nitrogens with one attached hydrogen (secondary N) is 2. The smallest absolute Gasteiger partial charge is 0.255 e. The van der Waals surface area contributed by atoms with Gasteiger partial charge in [-0.15, -0.1) is 0 Å². The Morgan fingerprint density at radius 1 is 1.03 bits per heavy atom. The second-order valence-electron chi connectivity index (χ2n) is 9.57. The average Bonchev–Trinajstić information content (AvgIpc) is 3.47. The molecule has 33 heavy (non-hydrogen) atoms. The van der Waals surface area contributed by atoms with E-state index in [2.05, 4.69) is 53.1 Å². The van der Waals surface area contributed by atoms with Crippen molar-refractivity contribution < 1.29 is 9.53 Å². The highest BCUT2D eigenvalue weighted by atomic mass is 35.5. The highest BCUT2D eigenvalue weighted by Crippen LogP contribution is 2.63. The third kappa shape index (κ3) is 3.48. The third-order valence-electron chi connectivity index (χ3n) is 7.92. The molecule has 0 saturated heterocycles. The fourth-order valence-electron chi connectivity index (χ4n) is 6.59. The van der Waals surface area contributed by atoms with Gasteiger partial charge in [-0.05, 0) is 90.5 Å². The molecule has 4 nitrogen and oxygen atoms in total. The highest BCUT2D eigenvalue weighted by Gasteiger charge is 2.53. The van der Waals surface area contributed by atoms with Crippen LogP contribution in [0.25, 0.3) is 0 Å². The first-order valence-electron chi connectivity index (χ1n) is 11.7. The van der Waals surface area contributed by atoms with Crippen molar-refractivity contribution >= 4 is 28.9 Å². The lowest BCUT2D eigenvalue weighted by Gasteiger charge is -2.43. The van der Waals surface area contributed by atoms with Crippen LogP contribution in [0, 0.1) is 17.8 Å². The highest BCUT2D eigenvalue weighted by molar-refractivity contribution is 6.31. The number of ether oxygens (including phenoxy) is 1. The number of fused-ring (bicyclic) bond motifs is 7. The van der Waals surface area contributed by atoms with Crippen LogP contribution in [0.5, 0.6) is 5.75 Å². The maximum absolute atomic E-state index is 13.2. The Hall–Kier alpha value is -2.98. The van der Waals surface area contributed by atoms with Crippen LogP contribution < -0.4 is 15.4 Å².